The van der Waals surface area contributed by atoms with Crippen LogP contribution in [-0.2, 0) is 12.8 Å². The van der Waals surface area contributed by atoms with Crippen LogP contribution < -0.4 is 30.3 Å². The number of hydrogen-bond acceptors (Lipinski definition) is 4. The fourth-order valence-corrected chi connectivity index (χ4v) is 9.30. The number of rotatable bonds is 15. The molecule has 318 valence electrons. The van der Waals surface area contributed by atoms with Gasteiger partial charge in [-0.05, 0) is 163 Å². The molecule has 0 aliphatic heterocycles. The Morgan fingerprint density at radius 2 is 1.14 bits per heavy atom. The number of benzene rings is 6. The van der Waals surface area contributed by atoms with Crippen molar-refractivity contribution in [3.05, 3.63) is 239 Å². The van der Waals surface area contributed by atoms with E-state index >= 15 is 0 Å². The van der Waals surface area contributed by atoms with Crippen LogP contribution in [0.1, 0.15) is 61.3 Å². The van der Waals surface area contributed by atoms with Gasteiger partial charge in [0.1, 0.15) is 0 Å². The van der Waals surface area contributed by atoms with Crippen LogP contribution in [0.25, 0.3) is 24.3 Å². The van der Waals surface area contributed by atoms with E-state index in [0.717, 1.165) is 79.1 Å². The maximum atomic E-state index is 4.24. The van der Waals surface area contributed by atoms with Crippen molar-refractivity contribution in [2.75, 3.05) is 32.9 Å². The molecule has 9 rings (SSSR count). The highest BCUT2D eigenvalue weighted by molar-refractivity contribution is 5.76. The number of aryl methyl sites for hydroxylation is 2. The summed E-state index contributed by atoms with van der Waals surface area (Å²) in [7, 11) is 0. The number of para-hydroxylation sites is 2. The molecule has 0 unspecified atom stereocenters. The monoisotopic (exact) mass is 834 g/mol. The number of fused-ring (bicyclic) bond motifs is 2. The van der Waals surface area contributed by atoms with Gasteiger partial charge in [-0.25, -0.2) is 0 Å². The Bertz CT molecular complexity index is 2850. The molecule has 0 atom stereocenters. The smallest absolute Gasteiger partial charge is 0.0586 e. The van der Waals surface area contributed by atoms with Gasteiger partial charge >= 0.3 is 0 Å². The molecule has 3 aliphatic rings. The van der Waals surface area contributed by atoms with E-state index in [-0.39, 0.29) is 0 Å². The van der Waals surface area contributed by atoms with Gasteiger partial charge < -0.3 is 9.80 Å². The van der Waals surface area contributed by atoms with Crippen molar-refractivity contribution < 1.29 is 0 Å². The summed E-state index contributed by atoms with van der Waals surface area (Å²) in [4.78, 5) is 4.87. The lowest BCUT2D eigenvalue weighted by Gasteiger charge is -2.39. The van der Waals surface area contributed by atoms with E-state index in [1.165, 1.54) is 44.1 Å². The molecule has 4 heteroatoms. The topological polar surface area (TPSA) is 13.0 Å². The fraction of sp³-hybridized carbons (Fsp3) is 0.167. The summed E-state index contributed by atoms with van der Waals surface area (Å²) >= 11 is 0. The molecule has 64 heavy (non-hydrogen) atoms. The van der Waals surface area contributed by atoms with Crippen molar-refractivity contribution in [3.63, 3.8) is 0 Å². The molecule has 0 amide bonds. The summed E-state index contributed by atoms with van der Waals surface area (Å²) in [6.45, 7) is 7.73. The minimum Gasteiger partial charge on any atom is -0.314 e. The van der Waals surface area contributed by atoms with Gasteiger partial charge in [0.15, 0.2) is 0 Å². The summed E-state index contributed by atoms with van der Waals surface area (Å²) in [5.41, 5.74) is 14.8. The highest BCUT2D eigenvalue weighted by Crippen LogP contribution is 2.38. The molecule has 3 aliphatic carbocycles. The average molecular weight is 835 g/mol. The van der Waals surface area contributed by atoms with Crippen LogP contribution in [0, 0.1) is 0 Å². The summed E-state index contributed by atoms with van der Waals surface area (Å²) in [6, 6.07) is 53.4. The number of hydrogen-bond donors (Lipinski definition) is 0. The van der Waals surface area contributed by atoms with E-state index in [4.69, 9.17) is 0 Å². The number of nitrogens with zero attached hydrogens (tertiary/aromatic N) is 4. The standard InChI is InChI=1S/C60H58N4/c1-3-20-55(63(56-29-10-6-11-30-56)59-35-33-48-22-16-18-25-51(48)45-59)42-44-62(61(53-27-8-5-9-28-53)43-41-50-24-15-14-21-47(50)4-2)54-37-39-58(40-38-54)64(57-31-12-7-13-32-57)60-36-34-49-23-17-19-26-52(49)46-60/h3-12,14-15,18-21,24-31,33-41,45-46H,1,13,16-17,22-23,32,42-44H2,2H3/b47-4-,50-41-,55-20+. The highest BCUT2D eigenvalue weighted by atomic mass is 15.6. The lowest BCUT2D eigenvalue weighted by Crippen LogP contribution is -2.45. The van der Waals surface area contributed by atoms with E-state index in [9.17, 15) is 0 Å². The number of hydrazine groups is 1. The Hall–Kier alpha value is -7.30. The van der Waals surface area contributed by atoms with Crippen LogP contribution in [0.4, 0.5) is 34.1 Å². The Kier molecular flexibility index (Phi) is 13.3. The third-order valence-corrected chi connectivity index (χ3v) is 12.5. The first-order valence-corrected chi connectivity index (χ1v) is 23.0. The average Bonchev–Trinajstić information content (AvgIpc) is 3.36. The third-order valence-electron chi connectivity index (χ3n) is 12.5. The first-order valence-electron chi connectivity index (χ1n) is 23.0. The predicted octanol–water partition coefficient (Wildman–Crippen LogP) is 13.8. The normalized spacial score (nSPS) is 14.7. The summed E-state index contributed by atoms with van der Waals surface area (Å²) in [6.07, 6.45) is 31.7. The Morgan fingerprint density at radius 1 is 0.562 bits per heavy atom. The molecular weight excluding hydrogens is 777 g/mol. The molecule has 0 saturated heterocycles. The first kappa shape index (κ1) is 42.0. The Labute approximate surface area is 380 Å². The molecule has 0 N–H and O–H groups in total. The van der Waals surface area contributed by atoms with Crippen LogP contribution in [0.2, 0.25) is 0 Å². The summed E-state index contributed by atoms with van der Waals surface area (Å²) < 4.78 is 0. The molecule has 0 saturated carbocycles. The maximum Gasteiger partial charge on any atom is 0.0586 e. The third kappa shape index (κ3) is 9.52. The van der Waals surface area contributed by atoms with E-state index in [1.54, 1.807) is 0 Å². The van der Waals surface area contributed by atoms with Crippen LogP contribution in [0.3, 0.4) is 0 Å². The van der Waals surface area contributed by atoms with Gasteiger partial charge in [-0.15, -0.1) is 0 Å². The van der Waals surface area contributed by atoms with Crippen molar-refractivity contribution in [2.45, 2.75) is 51.9 Å². The summed E-state index contributed by atoms with van der Waals surface area (Å²) in [5, 5.41) is 7.35. The van der Waals surface area contributed by atoms with Gasteiger partial charge in [-0.3, -0.25) is 10.0 Å². The zero-order valence-corrected chi connectivity index (χ0v) is 37.1. The minimum absolute atomic E-state index is 0.671. The van der Waals surface area contributed by atoms with Crippen LogP contribution >= 0.6 is 0 Å². The second-order valence-electron chi connectivity index (χ2n) is 16.6. The first-order chi connectivity index (χ1) is 31.7. The highest BCUT2D eigenvalue weighted by Gasteiger charge is 2.23. The minimum atomic E-state index is 0.671. The largest absolute Gasteiger partial charge is 0.314 e. The van der Waals surface area contributed by atoms with Gasteiger partial charge in [-0.1, -0.05) is 134 Å². The molecule has 6 aromatic carbocycles. The maximum absolute atomic E-state index is 4.24. The van der Waals surface area contributed by atoms with Crippen molar-refractivity contribution >= 4 is 58.4 Å². The lowest BCUT2D eigenvalue weighted by molar-refractivity contribution is 0.738. The van der Waals surface area contributed by atoms with Gasteiger partial charge in [0.25, 0.3) is 0 Å². The summed E-state index contributed by atoms with van der Waals surface area (Å²) in [5.74, 6) is 0. The molecular formula is C60H58N4. The second-order valence-corrected chi connectivity index (χ2v) is 16.6. The van der Waals surface area contributed by atoms with Crippen molar-refractivity contribution in [3.8, 4) is 0 Å². The molecule has 0 fully saturated rings. The number of allylic oxidation sites excluding steroid dienone is 8. The van der Waals surface area contributed by atoms with E-state index in [2.05, 4.69) is 240 Å². The van der Waals surface area contributed by atoms with E-state index in [1.807, 2.05) is 6.08 Å². The zero-order valence-electron chi connectivity index (χ0n) is 37.1. The number of anilines is 6. The van der Waals surface area contributed by atoms with Gasteiger partial charge in [0, 0.05) is 47.1 Å². The van der Waals surface area contributed by atoms with E-state index < -0.39 is 0 Å². The Balaban J connectivity index is 1.13. The Morgan fingerprint density at radius 3 is 1.80 bits per heavy atom. The predicted molar refractivity (Wildman–Crippen MR) is 276 cm³/mol. The van der Waals surface area contributed by atoms with Gasteiger partial charge in [-0.2, -0.15) is 0 Å². The quantitative estimate of drug-likeness (QED) is 0.0755. The molecule has 0 spiro atoms. The molecule has 0 radical (unpaired) electrons. The molecule has 4 nitrogen and oxygen atoms in total. The van der Waals surface area contributed by atoms with Gasteiger partial charge in [0.05, 0.1) is 17.9 Å². The lowest BCUT2D eigenvalue weighted by atomic mass is 9.96. The second kappa shape index (κ2) is 20.3. The zero-order chi connectivity index (χ0) is 43.5. The SMILES string of the molecule is C=C/C=C(\CCN(c1ccc(N(C2=CC=CCC2)c2ccc3c(c2)C=CCC3)cc1)N(C/C=c1/cccc/c1=C/C)c1ccccc1)N(c1ccccc1)c1ccc2c(c1)C=CCC2. The van der Waals surface area contributed by atoms with Gasteiger partial charge in [0.2, 0.25) is 0 Å². The van der Waals surface area contributed by atoms with Crippen molar-refractivity contribution in [2.24, 2.45) is 0 Å². The molecule has 6 aromatic rings. The van der Waals surface area contributed by atoms with Crippen LogP contribution in [0.15, 0.2) is 206 Å². The molecule has 0 aromatic heterocycles. The molecule has 0 bridgehead atoms. The fourth-order valence-electron chi connectivity index (χ4n) is 9.30. The van der Waals surface area contributed by atoms with Crippen LogP contribution in [0.5, 0.6) is 0 Å². The molecule has 0 heterocycles. The van der Waals surface area contributed by atoms with Crippen molar-refractivity contribution in [1.29, 1.82) is 0 Å². The van der Waals surface area contributed by atoms with E-state index in [0.29, 0.717) is 13.1 Å². The van der Waals surface area contributed by atoms with Crippen molar-refractivity contribution in [1.82, 2.24) is 0 Å². The van der Waals surface area contributed by atoms with Crippen LogP contribution in [-0.4, -0.2) is 13.1 Å².